The third kappa shape index (κ3) is 5.55. The first-order chi connectivity index (χ1) is 9.06. The largest absolute Gasteiger partial charge is 0.435 e. The van der Waals surface area contributed by atoms with Crippen LogP contribution < -0.4 is 10.1 Å². The first-order valence-electron chi connectivity index (χ1n) is 5.98. The molecular weight excluding hydrogens is 320 g/mol. The standard InChI is InChI=1S/C13H16BrF2NO2/c1-2-10(6-7-14)17-12(18)9-4-3-5-11(8-9)19-13(15)16/h3-5,8,10,13H,2,6-7H2,1H3,(H,17,18). The number of halogens is 3. The maximum atomic E-state index is 12.1. The Morgan fingerprint density at radius 3 is 2.79 bits per heavy atom. The van der Waals surface area contributed by atoms with E-state index in [2.05, 4.69) is 26.0 Å². The zero-order valence-electron chi connectivity index (χ0n) is 10.5. The van der Waals surface area contributed by atoms with Crippen molar-refractivity contribution in [2.45, 2.75) is 32.4 Å². The fraction of sp³-hybridized carbons (Fsp3) is 0.462. The van der Waals surface area contributed by atoms with Gasteiger partial charge in [0.05, 0.1) is 0 Å². The van der Waals surface area contributed by atoms with Crippen molar-refractivity contribution in [3.8, 4) is 5.75 Å². The van der Waals surface area contributed by atoms with E-state index in [0.29, 0.717) is 5.56 Å². The maximum absolute atomic E-state index is 12.1. The van der Waals surface area contributed by atoms with Crippen LogP contribution in [-0.2, 0) is 0 Å². The number of alkyl halides is 3. The van der Waals surface area contributed by atoms with Gasteiger partial charge >= 0.3 is 6.61 Å². The van der Waals surface area contributed by atoms with E-state index in [9.17, 15) is 13.6 Å². The summed E-state index contributed by atoms with van der Waals surface area (Å²) in [5, 5.41) is 3.64. The molecule has 106 valence electrons. The Balaban J connectivity index is 2.70. The molecule has 0 saturated heterocycles. The van der Waals surface area contributed by atoms with Gasteiger partial charge in [-0.1, -0.05) is 28.9 Å². The highest BCUT2D eigenvalue weighted by Crippen LogP contribution is 2.16. The molecule has 1 aromatic carbocycles. The molecule has 19 heavy (non-hydrogen) atoms. The van der Waals surface area contributed by atoms with Crippen molar-refractivity contribution in [2.75, 3.05) is 5.33 Å². The molecule has 3 nitrogen and oxygen atoms in total. The number of benzene rings is 1. The minimum Gasteiger partial charge on any atom is -0.435 e. The summed E-state index contributed by atoms with van der Waals surface area (Å²) in [5.74, 6) is -0.302. The van der Waals surface area contributed by atoms with E-state index in [1.807, 2.05) is 6.92 Å². The molecule has 0 aliphatic heterocycles. The summed E-state index contributed by atoms with van der Waals surface area (Å²) in [6, 6.07) is 5.83. The predicted molar refractivity (Wildman–Crippen MR) is 73.0 cm³/mol. The van der Waals surface area contributed by atoms with Crippen molar-refractivity contribution in [3.05, 3.63) is 29.8 Å². The van der Waals surface area contributed by atoms with Crippen molar-refractivity contribution in [2.24, 2.45) is 0 Å². The van der Waals surface area contributed by atoms with E-state index in [1.54, 1.807) is 6.07 Å². The molecule has 1 aromatic rings. The Labute approximate surface area is 119 Å². The van der Waals surface area contributed by atoms with E-state index >= 15 is 0 Å². The number of carbonyl (C=O) groups is 1. The number of nitrogens with one attached hydrogen (secondary N) is 1. The molecule has 0 aliphatic carbocycles. The maximum Gasteiger partial charge on any atom is 0.387 e. The second-order valence-electron chi connectivity index (χ2n) is 3.96. The minimum atomic E-state index is -2.89. The minimum absolute atomic E-state index is 0.0174. The van der Waals surface area contributed by atoms with Gasteiger partial charge in [-0.25, -0.2) is 0 Å². The number of carbonyl (C=O) groups excluding carboxylic acids is 1. The van der Waals surface area contributed by atoms with Gasteiger partial charge in [-0.05, 0) is 31.0 Å². The van der Waals surface area contributed by atoms with Gasteiger partial charge in [0.2, 0.25) is 0 Å². The predicted octanol–water partition coefficient (Wildman–Crippen LogP) is 3.58. The summed E-state index contributed by atoms with van der Waals surface area (Å²) in [4.78, 5) is 12.0. The van der Waals surface area contributed by atoms with Gasteiger partial charge in [-0.3, -0.25) is 4.79 Å². The molecule has 1 unspecified atom stereocenters. The van der Waals surface area contributed by atoms with Gasteiger partial charge in [-0.15, -0.1) is 0 Å². The average molecular weight is 336 g/mol. The fourth-order valence-electron chi connectivity index (χ4n) is 1.59. The Morgan fingerprint density at radius 2 is 2.21 bits per heavy atom. The molecule has 0 fully saturated rings. The highest BCUT2D eigenvalue weighted by molar-refractivity contribution is 9.09. The first kappa shape index (κ1) is 15.9. The molecule has 1 atom stereocenters. The Bertz CT molecular complexity index is 415. The van der Waals surface area contributed by atoms with Crippen LogP contribution in [0.15, 0.2) is 24.3 Å². The summed E-state index contributed by atoms with van der Waals surface area (Å²) in [5.41, 5.74) is 0.311. The number of ether oxygens (including phenoxy) is 1. The van der Waals surface area contributed by atoms with Crippen LogP contribution in [0.3, 0.4) is 0 Å². The van der Waals surface area contributed by atoms with Crippen LogP contribution in [-0.4, -0.2) is 23.9 Å². The molecule has 0 aromatic heterocycles. The monoisotopic (exact) mass is 335 g/mol. The van der Waals surface area contributed by atoms with Crippen LogP contribution in [0, 0.1) is 0 Å². The zero-order chi connectivity index (χ0) is 14.3. The van der Waals surface area contributed by atoms with Crippen molar-refractivity contribution in [1.29, 1.82) is 0 Å². The molecule has 6 heteroatoms. The summed E-state index contributed by atoms with van der Waals surface area (Å²) < 4.78 is 28.4. The molecule has 0 heterocycles. The number of hydrogen-bond acceptors (Lipinski definition) is 2. The van der Waals surface area contributed by atoms with Crippen molar-refractivity contribution >= 4 is 21.8 Å². The lowest BCUT2D eigenvalue weighted by atomic mass is 10.1. The smallest absolute Gasteiger partial charge is 0.387 e. The lowest BCUT2D eigenvalue weighted by Crippen LogP contribution is -2.34. The van der Waals surface area contributed by atoms with Crippen LogP contribution in [0.25, 0.3) is 0 Å². The van der Waals surface area contributed by atoms with Crippen LogP contribution >= 0.6 is 15.9 Å². The Kier molecular flexibility index (Phi) is 6.77. The highest BCUT2D eigenvalue weighted by Gasteiger charge is 2.13. The molecule has 1 N–H and O–H groups in total. The Hall–Kier alpha value is -1.17. The van der Waals surface area contributed by atoms with Gasteiger partial charge in [-0.2, -0.15) is 8.78 Å². The molecule has 0 aliphatic rings. The second kappa shape index (κ2) is 8.09. The van der Waals surface area contributed by atoms with Gasteiger partial charge in [0.15, 0.2) is 0 Å². The first-order valence-corrected chi connectivity index (χ1v) is 7.10. The summed E-state index contributed by atoms with van der Waals surface area (Å²) in [7, 11) is 0. The number of rotatable bonds is 7. The van der Waals surface area contributed by atoms with Crippen LogP contribution in [0.5, 0.6) is 5.75 Å². The third-order valence-electron chi connectivity index (χ3n) is 2.61. The zero-order valence-corrected chi connectivity index (χ0v) is 12.1. The van der Waals surface area contributed by atoms with Gasteiger partial charge in [0.1, 0.15) is 5.75 Å². The quantitative estimate of drug-likeness (QED) is 0.773. The molecule has 1 rings (SSSR count). The van der Waals surface area contributed by atoms with E-state index in [4.69, 9.17) is 0 Å². The van der Waals surface area contributed by atoms with E-state index in [0.717, 1.165) is 18.2 Å². The molecule has 1 amide bonds. The van der Waals surface area contributed by atoms with Crippen LogP contribution in [0.4, 0.5) is 8.78 Å². The van der Waals surface area contributed by atoms with Gasteiger partial charge < -0.3 is 10.1 Å². The lowest BCUT2D eigenvalue weighted by Gasteiger charge is -2.16. The van der Waals surface area contributed by atoms with Gasteiger partial charge in [0.25, 0.3) is 5.91 Å². The van der Waals surface area contributed by atoms with E-state index < -0.39 is 6.61 Å². The molecule has 0 bridgehead atoms. The van der Waals surface area contributed by atoms with Crippen molar-refractivity contribution in [3.63, 3.8) is 0 Å². The van der Waals surface area contributed by atoms with Crippen LogP contribution in [0.1, 0.15) is 30.1 Å². The summed E-state index contributed by atoms with van der Waals surface area (Å²) in [6.07, 6.45) is 1.63. The lowest BCUT2D eigenvalue weighted by molar-refractivity contribution is -0.0498. The van der Waals surface area contributed by atoms with Crippen molar-refractivity contribution < 1.29 is 18.3 Å². The van der Waals surface area contributed by atoms with Gasteiger partial charge in [0, 0.05) is 16.9 Å². The molecule has 0 saturated carbocycles. The summed E-state index contributed by atoms with van der Waals surface area (Å²) in [6.45, 7) is -0.917. The van der Waals surface area contributed by atoms with Crippen molar-refractivity contribution in [1.82, 2.24) is 5.32 Å². The van der Waals surface area contributed by atoms with E-state index in [1.165, 1.54) is 18.2 Å². The van der Waals surface area contributed by atoms with Crippen LogP contribution in [0.2, 0.25) is 0 Å². The molecule has 0 spiro atoms. The highest BCUT2D eigenvalue weighted by atomic mass is 79.9. The molecule has 0 radical (unpaired) electrons. The third-order valence-corrected chi connectivity index (χ3v) is 3.06. The molecular formula is C13H16BrF2NO2. The Morgan fingerprint density at radius 1 is 1.47 bits per heavy atom. The van der Waals surface area contributed by atoms with E-state index in [-0.39, 0.29) is 17.7 Å². The topological polar surface area (TPSA) is 38.3 Å². The normalized spacial score (nSPS) is 12.3. The SMILES string of the molecule is CCC(CCBr)NC(=O)c1cccc(OC(F)F)c1. The number of amides is 1. The number of hydrogen-bond donors (Lipinski definition) is 1. The second-order valence-corrected chi connectivity index (χ2v) is 4.76. The summed E-state index contributed by atoms with van der Waals surface area (Å²) >= 11 is 3.32. The average Bonchev–Trinajstić information content (AvgIpc) is 2.37. The fourth-order valence-corrected chi connectivity index (χ4v) is 2.14.